The van der Waals surface area contributed by atoms with Crippen molar-refractivity contribution in [3.05, 3.63) is 35.6 Å². The van der Waals surface area contributed by atoms with Gasteiger partial charge in [-0.1, -0.05) is 12.1 Å². The third-order valence-electron chi connectivity index (χ3n) is 4.45. The molecule has 3 atom stereocenters. The van der Waals surface area contributed by atoms with Crippen LogP contribution in [0.1, 0.15) is 18.1 Å². The molecule has 0 aromatic heterocycles. The van der Waals surface area contributed by atoms with Crippen LogP contribution in [0, 0.1) is 5.82 Å². The lowest BCUT2D eigenvalue weighted by Crippen LogP contribution is -2.46. The van der Waals surface area contributed by atoms with Crippen molar-refractivity contribution in [1.29, 1.82) is 0 Å². The first-order chi connectivity index (χ1) is 10.1. The molecule has 1 aromatic rings. The summed E-state index contributed by atoms with van der Waals surface area (Å²) in [5.41, 5.74) is 0.852. The number of halogens is 1. The van der Waals surface area contributed by atoms with E-state index in [-0.39, 0.29) is 18.0 Å². The molecule has 2 fully saturated rings. The Kier molecular flexibility index (Phi) is 4.54. The Morgan fingerprint density at radius 1 is 1.19 bits per heavy atom. The standard InChI is InChI=1S/C16H23FN2O2/c1-18-6-8-19(9-7-18)11-14-10-15(20)16(21-14)12-2-4-13(17)5-3-12/h2-5,14-16,20H,6-11H2,1H3/t14-,15-,16-/m0/s1. The van der Waals surface area contributed by atoms with Crippen LogP contribution in [0.15, 0.2) is 24.3 Å². The van der Waals surface area contributed by atoms with Crippen molar-refractivity contribution in [3.8, 4) is 0 Å². The average molecular weight is 294 g/mol. The highest BCUT2D eigenvalue weighted by Crippen LogP contribution is 2.33. The largest absolute Gasteiger partial charge is 0.390 e. The number of piperazine rings is 1. The molecule has 1 aromatic carbocycles. The van der Waals surface area contributed by atoms with E-state index in [1.54, 1.807) is 12.1 Å². The molecule has 2 heterocycles. The zero-order valence-electron chi connectivity index (χ0n) is 12.4. The molecule has 116 valence electrons. The molecule has 0 spiro atoms. The Morgan fingerprint density at radius 2 is 1.86 bits per heavy atom. The first kappa shape index (κ1) is 14.9. The predicted molar refractivity (Wildman–Crippen MR) is 78.6 cm³/mol. The molecule has 0 saturated carbocycles. The van der Waals surface area contributed by atoms with Crippen molar-refractivity contribution >= 4 is 0 Å². The van der Waals surface area contributed by atoms with E-state index in [9.17, 15) is 9.50 Å². The second-order valence-electron chi connectivity index (χ2n) is 6.14. The molecular formula is C16H23FN2O2. The maximum absolute atomic E-state index is 13.0. The molecule has 5 heteroatoms. The molecular weight excluding hydrogens is 271 g/mol. The number of hydrogen-bond donors (Lipinski definition) is 1. The van der Waals surface area contributed by atoms with E-state index in [0.29, 0.717) is 6.42 Å². The Labute approximate surface area is 125 Å². The summed E-state index contributed by atoms with van der Waals surface area (Å²) in [5, 5.41) is 10.2. The van der Waals surface area contributed by atoms with Gasteiger partial charge in [0.2, 0.25) is 0 Å². The van der Waals surface area contributed by atoms with Gasteiger partial charge in [-0.05, 0) is 24.7 Å². The number of aliphatic hydroxyl groups is 1. The smallest absolute Gasteiger partial charge is 0.123 e. The normalized spacial score (nSPS) is 31.7. The fourth-order valence-electron chi connectivity index (χ4n) is 3.14. The Hall–Kier alpha value is -1.01. The summed E-state index contributed by atoms with van der Waals surface area (Å²) in [4.78, 5) is 4.71. The Bertz CT molecular complexity index is 460. The van der Waals surface area contributed by atoms with Crippen LogP contribution in [0.4, 0.5) is 4.39 Å². The van der Waals surface area contributed by atoms with Crippen LogP contribution < -0.4 is 0 Å². The van der Waals surface area contributed by atoms with E-state index in [1.165, 1.54) is 12.1 Å². The Morgan fingerprint density at radius 3 is 2.52 bits per heavy atom. The molecule has 2 aliphatic rings. The van der Waals surface area contributed by atoms with Gasteiger partial charge in [-0.15, -0.1) is 0 Å². The van der Waals surface area contributed by atoms with Crippen molar-refractivity contribution in [2.24, 2.45) is 0 Å². The third kappa shape index (κ3) is 3.61. The third-order valence-corrected chi connectivity index (χ3v) is 4.45. The van der Waals surface area contributed by atoms with Crippen molar-refractivity contribution in [3.63, 3.8) is 0 Å². The summed E-state index contributed by atoms with van der Waals surface area (Å²) in [6, 6.07) is 6.22. The van der Waals surface area contributed by atoms with Crippen LogP contribution in [0.3, 0.4) is 0 Å². The molecule has 2 aliphatic heterocycles. The molecule has 0 amide bonds. The highest BCUT2D eigenvalue weighted by atomic mass is 19.1. The monoisotopic (exact) mass is 294 g/mol. The first-order valence-corrected chi connectivity index (χ1v) is 7.62. The van der Waals surface area contributed by atoms with Gasteiger partial charge in [0.1, 0.15) is 11.9 Å². The average Bonchev–Trinajstić information content (AvgIpc) is 2.83. The van der Waals surface area contributed by atoms with Crippen molar-refractivity contribution < 1.29 is 14.2 Å². The van der Waals surface area contributed by atoms with Crippen LogP contribution in [-0.4, -0.2) is 66.9 Å². The maximum Gasteiger partial charge on any atom is 0.123 e. The highest BCUT2D eigenvalue weighted by molar-refractivity contribution is 5.20. The predicted octanol–water partition coefficient (Wildman–Crippen LogP) is 1.26. The molecule has 4 nitrogen and oxygen atoms in total. The second-order valence-corrected chi connectivity index (χ2v) is 6.14. The summed E-state index contributed by atoms with van der Waals surface area (Å²) in [6.07, 6.45) is -0.136. The number of aliphatic hydroxyl groups excluding tert-OH is 1. The topological polar surface area (TPSA) is 35.9 Å². The van der Waals surface area contributed by atoms with Gasteiger partial charge in [-0.2, -0.15) is 0 Å². The minimum atomic E-state index is -0.507. The molecule has 0 aliphatic carbocycles. The van der Waals surface area contributed by atoms with Crippen LogP contribution in [0.5, 0.6) is 0 Å². The lowest BCUT2D eigenvalue weighted by molar-refractivity contribution is -0.00799. The van der Waals surface area contributed by atoms with E-state index < -0.39 is 6.10 Å². The SMILES string of the molecule is CN1CCN(C[C@@H]2C[C@H](O)[C@H](c3ccc(F)cc3)O2)CC1. The number of hydrogen-bond acceptors (Lipinski definition) is 4. The molecule has 0 radical (unpaired) electrons. The summed E-state index contributed by atoms with van der Waals surface area (Å²) >= 11 is 0. The quantitative estimate of drug-likeness (QED) is 0.910. The minimum Gasteiger partial charge on any atom is -0.390 e. The van der Waals surface area contributed by atoms with Gasteiger partial charge in [0.05, 0.1) is 12.2 Å². The Balaban J connectivity index is 1.57. The van der Waals surface area contributed by atoms with Gasteiger partial charge in [0.25, 0.3) is 0 Å². The minimum absolute atomic E-state index is 0.0541. The highest BCUT2D eigenvalue weighted by Gasteiger charge is 2.36. The zero-order chi connectivity index (χ0) is 14.8. The van der Waals surface area contributed by atoms with Crippen LogP contribution in [0.2, 0.25) is 0 Å². The summed E-state index contributed by atoms with van der Waals surface area (Å²) in [5.74, 6) is -0.264. The number of likely N-dealkylation sites (N-methyl/N-ethyl adjacent to an activating group) is 1. The molecule has 21 heavy (non-hydrogen) atoms. The van der Waals surface area contributed by atoms with E-state index in [0.717, 1.165) is 38.3 Å². The number of benzene rings is 1. The van der Waals surface area contributed by atoms with E-state index in [2.05, 4.69) is 16.8 Å². The lowest BCUT2D eigenvalue weighted by Gasteiger charge is -2.33. The van der Waals surface area contributed by atoms with Gasteiger partial charge < -0.3 is 14.7 Å². The molecule has 0 bridgehead atoms. The van der Waals surface area contributed by atoms with E-state index in [4.69, 9.17) is 4.74 Å². The van der Waals surface area contributed by atoms with Gasteiger partial charge in [0, 0.05) is 39.1 Å². The summed E-state index contributed by atoms with van der Waals surface area (Å²) in [6.45, 7) is 5.12. The fourth-order valence-corrected chi connectivity index (χ4v) is 3.14. The number of ether oxygens (including phenoxy) is 1. The maximum atomic E-state index is 13.0. The van der Waals surface area contributed by atoms with Gasteiger partial charge in [-0.25, -0.2) is 4.39 Å². The van der Waals surface area contributed by atoms with Crippen molar-refractivity contribution in [1.82, 2.24) is 9.80 Å². The van der Waals surface area contributed by atoms with Gasteiger partial charge in [-0.3, -0.25) is 4.90 Å². The molecule has 0 unspecified atom stereocenters. The first-order valence-electron chi connectivity index (χ1n) is 7.62. The molecule has 3 rings (SSSR count). The van der Waals surface area contributed by atoms with Crippen LogP contribution in [-0.2, 0) is 4.74 Å². The van der Waals surface area contributed by atoms with Gasteiger partial charge in [0.15, 0.2) is 0 Å². The van der Waals surface area contributed by atoms with Crippen LogP contribution >= 0.6 is 0 Å². The van der Waals surface area contributed by atoms with E-state index in [1.807, 2.05) is 0 Å². The number of nitrogens with zero attached hydrogens (tertiary/aromatic N) is 2. The zero-order valence-corrected chi connectivity index (χ0v) is 12.4. The van der Waals surface area contributed by atoms with Crippen molar-refractivity contribution in [2.75, 3.05) is 39.8 Å². The van der Waals surface area contributed by atoms with E-state index >= 15 is 0 Å². The fraction of sp³-hybridized carbons (Fsp3) is 0.625. The van der Waals surface area contributed by atoms with Crippen molar-refractivity contribution in [2.45, 2.75) is 24.7 Å². The number of rotatable bonds is 3. The summed E-state index contributed by atoms with van der Waals surface area (Å²) in [7, 11) is 2.14. The lowest BCUT2D eigenvalue weighted by atomic mass is 10.0. The van der Waals surface area contributed by atoms with Crippen LogP contribution in [0.25, 0.3) is 0 Å². The summed E-state index contributed by atoms with van der Waals surface area (Å²) < 4.78 is 19.0. The molecule has 2 saturated heterocycles. The van der Waals surface area contributed by atoms with Gasteiger partial charge >= 0.3 is 0 Å². The molecule has 1 N–H and O–H groups in total. The second kappa shape index (κ2) is 6.40.